The predicted molar refractivity (Wildman–Crippen MR) is 79.2 cm³/mol. The van der Waals surface area contributed by atoms with Crippen LogP contribution in [0.1, 0.15) is 43.5 Å². The molecule has 0 fully saturated rings. The second-order valence-electron chi connectivity index (χ2n) is 4.68. The molecule has 4 heteroatoms. The van der Waals surface area contributed by atoms with E-state index in [1.807, 2.05) is 24.3 Å². The summed E-state index contributed by atoms with van der Waals surface area (Å²) in [5.41, 5.74) is 0.825. The first-order valence-corrected chi connectivity index (χ1v) is 7.59. The number of rotatable bonds is 8. The Balaban J connectivity index is 0.00000324. The van der Waals surface area contributed by atoms with Crippen molar-refractivity contribution < 1.29 is 22.1 Å². The average molecular weight is 349 g/mol. The molecule has 1 aromatic carbocycles. The number of halogens is 2. The Morgan fingerprint density at radius 1 is 1.05 bits per heavy atom. The van der Waals surface area contributed by atoms with E-state index in [0.717, 1.165) is 16.6 Å². The van der Waals surface area contributed by atoms with Crippen LogP contribution in [-0.2, 0) is 0 Å². The zero-order valence-corrected chi connectivity index (χ0v) is 14.1. The fourth-order valence-corrected chi connectivity index (χ4v) is 2.42. The van der Waals surface area contributed by atoms with Gasteiger partial charge in [-0.25, -0.2) is 0 Å². The van der Waals surface area contributed by atoms with Crippen LogP contribution in [-0.4, -0.2) is 25.4 Å². The van der Waals surface area contributed by atoms with Crippen LogP contribution in [0.15, 0.2) is 28.7 Å². The number of carbonyl (C=O) groups excluding carboxylic acids is 1. The van der Waals surface area contributed by atoms with Crippen molar-refractivity contribution in [3.63, 3.8) is 0 Å². The van der Waals surface area contributed by atoms with Gasteiger partial charge in [-0.05, 0) is 25.0 Å². The molecule has 1 aromatic rings. The van der Waals surface area contributed by atoms with Gasteiger partial charge in [0.25, 0.3) is 0 Å². The van der Waals surface area contributed by atoms with E-state index in [-0.39, 0.29) is 18.2 Å². The Morgan fingerprint density at radius 2 is 1.58 bits per heavy atom. The zero-order chi connectivity index (χ0) is 13.4. The Morgan fingerprint density at radius 3 is 2.05 bits per heavy atom. The first kappa shape index (κ1) is 18.6. The van der Waals surface area contributed by atoms with E-state index in [0.29, 0.717) is 6.42 Å². The third-order valence-corrected chi connectivity index (χ3v) is 3.61. The summed E-state index contributed by atoms with van der Waals surface area (Å²) in [5, 5.41) is 0. The van der Waals surface area contributed by atoms with Gasteiger partial charge in [-0.1, -0.05) is 41.9 Å². The van der Waals surface area contributed by atoms with Gasteiger partial charge >= 0.3 is 0 Å². The van der Waals surface area contributed by atoms with Crippen LogP contribution in [0.4, 0.5) is 0 Å². The third-order valence-electron chi connectivity index (χ3n) is 3.08. The van der Waals surface area contributed by atoms with Gasteiger partial charge in [-0.15, -0.1) is 0 Å². The van der Waals surface area contributed by atoms with Crippen LogP contribution in [0, 0.1) is 0 Å². The van der Waals surface area contributed by atoms with Crippen LogP contribution >= 0.6 is 15.9 Å². The fraction of sp³-hybridized carbons (Fsp3) is 0.533. The number of ketones is 1. The van der Waals surface area contributed by atoms with E-state index >= 15 is 0 Å². The van der Waals surface area contributed by atoms with Gasteiger partial charge in [0.05, 0.1) is 26.1 Å². The van der Waals surface area contributed by atoms with Crippen LogP contribution < -0.4 is 17.3 Å². The molecule has 0 aliphatic carbocycles. The molecule has 0 bridgehead atoms. The number of hydrogen-bond acceptors (Lipinski definition) is 1. The summed E-state index contributed by atoms with van der Waals surface area (Å²) in [6, 6.07) is 7.64. The Labute approximate surface area is 131 Å². The molecule has 0 atom stereocenters. The molecule has 0 heterocycles. The minimum absolute atomic E-state index is 0. The second-order valence-corrected chi connectivity index (χ2v) is 5.60. The topological polar surface area (TPSA) is 21.5 Å². The highest BCUT2D eigenvalue weighted by molar-refractivity contribution is 9.10. The lowest BCUT2D eigenvalue weighted by Crippen LogP contribution is -3.12. The van der Waals surface area contributed by atoms with Crippen molar-refractivity contribution in [1.29, 1.82) is 0 Å². The molecule has 1 rings (SSSR count). The van der Waals surface area contributed by atoms with E-state index in [2.05, 4.69) is 29.8 Å². The number of quaternary nitrogens is 1. The minimum Gasteiger partial charge on any atom is -1.00 e. The lowest BCUT2D eigenvalue weighted by molar-refractivity contribution is -0.899. The third kappa shape index (κ3) is 7.09. The number of benzene rings is 1. The standard InChI is InChI=1S/C15H22BrNO.ClH/c1-3-10-17(11-4-2)12-9-15(18)13-5-7-14(16)8-6-13;/h5-8H,3-4,9-12H2,1-2H3;1H. The van der Waals surface area contributed by atoms with E-state index in [9.17, 15) is 4.79 Å². The van der Waals surface area contributed by atoms with Crippen LogP contribution in [0.25, 0.3) is 0 Å². The Bertz CT molecular complexity index is 361. The molecule has 19 heavy (non-hydrogen) atoms. The van der Waals surface area contributed by atoms with Crippen LogP contribution in [0.2, 0.25) is 0 Å². The lowest BCUT2D eigenvalue weighted by atomic mass is 10.1. The fourth-order valence-electron chi connectivity index (χ4n) is 2.15. The van der Waals surface area contributed by atoms with Crippen molar-refractivity contribution >= 4 is 21.7 Å². The number of hydrogen-bond donors (Lipinski definition) is 1. The molecule has 0 aromatic heterocycles. The number of carbonyl (C=O) groups is 1. The Kier molecular flexibility index (Phi) is 10.2. The lowest BCUT2D eigenvalue weighted by Gasteiger charge is -2.17. The predicted octanol–water partition coefficient (Wildman–Crippen LogP) is -0.269. The molecular weight excluding hydrogens is 326 g/mol. The summed E-state index contributed by atoms with van der Waals surface area (Å²) < 4.78 is 1.02. The van der Waals surface area contributed by atoms with Crippen molar-refractivity contribution in [3.8, 4) is 0 Å². The van der Waals surface area contributed by atoms with Crippen LogP contribution in [0.5, 0.6) is 0 Å². The second kappa shape index (κ2) is 10.4. The summed E-state index contributed by atoms with van der Waals surface area (Å²) in [6.45, 7) is 7.69. The van der Waals surface area contributed by atoms with Gasteiger partial charge < -0.3 is 17.3 Å². The maximum Gasteiger partial charge on any atom is 0.168 e. The molecule has 0 aliphatic heterocycles. The largest absolute Gasteiger partial charge is 1.00 e. The summed E-state index contributed by atoms with van der Waals surface area (Å²) in [5.74, 6) is 0.257. The molecule has 0 aliphatic rings. The molecule has 0 spiro atoms. The maximum atomic E-state index is 12.0. The van der Waals surface area contributed by atoms with Crippen molar-refractivity contribution in [2.24, 2.45) is 0 Å². The first-order chi connectivity index (χ1) is 8.67. The summed E-state index contributed by atoms with van der Waals surface area (Å²) in [6.07, 6.45) is 3.01. The monoisotopic (exact) mass is 347 g/mol. The van der Waals surface area contributed by atoms with Crippen LogP contribution in [0.3, 0.4) is 0 Å². The van der Waals surface area contributed by atoms with Gasteiger partial charge in [0.2, 0.25) is 0 Å². The maximum absolute atomic E-state index is 12.0. The minimum atomic E-state index is 0. The SMILES string of the molecule is CCC[NH+](CCC)CCC(=O)c1ccc(Br)cc1.[Cl-]. The number of nitrogens with one attached hydrogen (secondary N) is 1. The number of Topliss-reactive ketones (excluding diaryl/α,β-unsaturated/α-hetero) is 1. The summed E-state index contributed by atoms with van der Waals surface area (Å²) in [7, 11) is 0. The smallest absolute Gasteiger partial charge is 0.168 e. The zero-order valence-electron chi connectivity index (χ0n) is 11.7. The van der Waals surface area contributed by atoms with Crippen molar-refractivity contribution in [3.05, 3.63) is 34.3 Å². The Hall–Kier alpha value is -0.380. The summed E-state index contributed by atoms with van der Waals surface area (Å²) in [4.78, 5) is 13.6. The van der Waals surface area contributed by atoms with Gasteiger partial charge in [-0.3, -0.25) is 4.79 Å². The molecule has 0 radical (unpaired) electrons. The van der Waals surface area contributed by atoms with E-state index in [1.54, 1.807) is 4.90 Å². The van der Waals surface area contributed by atoms with Crippen molar-refractivity contribution in [2.45, 2.75) is 33.1 Å². The quantitative estimate of drug-likeness (QED) is 0.642. The van der Waals surface area contributed by atoms with Gasteiger partial charge in [0.1, 0.15) is 0 Å². The summed E-state index contributed by atoms with van der Waals surface area (Å²) >= 11 is 3.38. The van der Waals surface area contributed by atoms with E-state index in [1.165, 1.54) is 25.9 Å². The molecule has 108 valence electrons. The highest BCUT2D eigenvalue weighted by Gasteiger charge is 2.11. The van der Waals surface area contributed by atoms with Gasteiger partial charge in [0, 0.05) is 10.0 Å². The molecule has 0 amide bonds. The normalized spacial score (nSPS) is 10.3. The molecule has 2 nitrogen and oxygen atoms in total. The highest BCUT2D eigenvalue weighted by Crippen LogP contribution is 2.11. The van der Waals surface area contributed by atoms with Crippen molar-refractivity contribution in [2.75, 3.05) is 19.6 Å². The molecule has 0 unspecified atom stereocenters. The molecule has 0 saturated carbocycles. The van der Waals surface area contributed by atoms with E-state index in [4.69, 9.17) is 0 Å². The molecular formula is C15H23BrClNO. The highest BCUT2D eigenvalue weighted by atomic mass is 79.9. The molecule has 1 N–H and O–H groups in total. The van der Waals surface area contributed by atoms with Gasteiger partial charge in [-0.2, -0.15) is 0 Å². The molecule has 0 saturated heterocycles. The van der Waals surface area contributed by atoms with E-state index < -0.39 is 0 Å². The van der Waals surface area contributed by atoms with Crippen molar-refractivity contribution in [1.82, 2.24) is 0 Å². The van der Waals surface area contributed by atoms with Gasteiger partial charge in [0.15, 0.2) is 5.78 Å². The first-order valence-electron chi connectivity index (χ1n) is 6.79. The average Bonchev–Trinajstić information content (AvgIpc) is 2.37.